The maximum atomic E-state index is 13.5. The molecule has 5 aliphatic rings. The van der Waals surface area contributed by atoms with Crippen molar-refractivity contribution in [1.82, 2.24) is 0 Å². The van der Waals surface area contributed by atoms with E-state index in [0.717, 1.165) is 12.8 Å². The zero-order chi connectivity index (χ0) is 30.1. The Bertz CT molecular complexity index is 1720. The van der Waals surface area contributed by atoms with Crippen molar-refractivity contribution in [2.24, 2.45) is 35.5 Å². The average molecular weight is 587 g/mol. The van der Waals surface area contributed by atoms with Crippen molar-refractivity contribution < 1.29 is 28.7 Å². The number of amides is 4. The molecule has 2 saturated heterocycles. The van der Waals surface area contributed by atoms with Crippen LogP contribution in [-0.4, -0.2) is 29.6 Å². The van der Waals surface area contributed by atoms with Gasteiger partial charge < -0.3 is 4.74 Å². The highest BCUT2D eigenvalue weighted by Crippen LogP contribution is 2.53. The van der Waals surface area contributed by atoms with Gasteiger partial charge >= 0.3 is 5.97 Å². The molecule has 2 saturated carbocycles. The molecule has 3 aliphatic carbocycles. The van der Waals surface area contributed by atoms with Crippen LogP contribution in [0.15, 0.2) is 91.0 Å². The molecular weight excluding hydrogens is 556 g/mol. The Balaban J connectivity index is 0.959. The third-order valence-corrected chi connectivity index (χ3v) is 10.3. The number of fused-ring (bicyclic) bond motifs is 6. The molecule has 2 aliphatic heterocycles. The fraction of sp³-hybridized carbons (Fsp3) is 0.306. The predicted octanol–water partition coefficient (Wildman–Crippen LogP) is 5.29. The number of ether oxygens (including phenoxy) is 1. The molecule has 0 N–H and O–H groups in total. The standard InChI is InChI=1S/C36H30N2O6/c39-32-28-16-11-21(20-5-2-1-3-6-20)19-29(28)33(40)38(32)26-8-4-7-24(18-26)36(43)44-27-14-12-25(13-15-27)37-34(41)30-22-9-10-23(17-22)31(30)35(37)42/h1-10,12-15,18,21-23,28-31H,11,16-17,19H2/t21-,22+,23+,28-,29-,30-,31+/m1/s1. The predicted molar refractivity (Wildman–Crippen MR) is 161 cm³/mol. The fourth-order valence-corrected chi connectivity index (χ4v) is 8.22. The highest BCUT2D eigenvalue weighted by molar-refractivity contribution is 6.23. The lowest BCUT2D eigenvalue weighted by molar-refractivity contribution is -0.124. The summed E-state index contributed by atoms with van der Waals surface area (Å²) in [5.41, 5.74) is 2.20. The maximum Gasteiger partial charge on any atom is 0.343 e. The van der Waals surface area contributed by atoms with E-state index in [1.165, 1.54) is 21.4 Å². The van der Waals surface area contributed by atoms with Crippen LogP contribution in [-0.2, 0) is 19.2 Å². The number of nitrogens with zero attached hydrogens (tertiary/aromatic N) is 2. The monoisotopic (exact) mass is 586 g/mol. The Morgan fingerprint density at radius 1 is 0.636 bits per heavy atom. The normalized spacial score (nSPS) is 30.2. The molecule has 0 radical (unpaired) electrons. The molecule has 44 heavy (non-hydrogen) atoms. The number of benzene rings is 3. The summed E-state index contributed by atoms with van der Waals surface area (Å²) in [7, 11) is 0. The fourth-order valence-electron chi connectivity index (χ4n) is 8.22. The SMILES string of the molecule is O=C(Oc1ccc(N2C(=O)[C@@H]3[C@H](C2=O)[C@H]2C=C[C@H]3C2)cc1)c1cccc(N2C(=O)[C@@H]3CC[C@@H](c4ccccc4)C[C@H]3C2=O)c1. The van der Waals surface area contributed by atoms with Crippen LogP contribution in [0, 0.1) is 35.5 Å². The molecule has 8 nitrogen and oxygen atoms in total. The van der Waals surface area contributed by atoms with Crippen LogP contribution >= 0.6 is 0 Å². The first-order chi connectivity index (χ1) is 21.4. The van der Waals surface area contributed by atoms with Crippen molar-refractivity contribution in [2.75, 3.05) is 9.80 Å². The third kappa shape index (κ3) is 4.08. The third-order valence-electron chi connectivity index (χ3n) is 10.3. The van der Waals surface area contributed by atoms with Gasteiger partial charge in [0.05, 0.1) is 40.6 Å². The summed E-state index contributed by atoms with van der Waals surface area (Å²) in [6.45, 7) is 0. The molecule has 2 heterocycles. The van der Waals surface area contributed by atoms with E-state index in [1.807, 2.05) is 18.2 Å². The zero-order valence-corrected chi connectivity index (χ0v) is 23.9. The van der Waals surface area contributed by atoms with E-state index >= 15 is 0 Å². The number of esters is 1. The molecule has 4 fully saturated rings. The van der Waals surface area contributed by atoms with E-state index in [1.54, 1.807) is 42.5 Å². The summed E-state index contributed by atoms with van der Waals surface area (Å²) in [6, 6.07) is 22.8. The summed E-state index contributed by atoms with van der Waals surface area (Å²) >= 11 is 0. The van der Waals surface area contributed by atoms with Gasteiger partial charge in [-0.3, -0.25) is 29.0 Å². The molecule has 3 aromatic carbocycles. The Hall–Kier alpha value is -4.85. The van der Waals surface area contributed by atoms with E-state index in [0.29, 0.717) is 24.2 Å². The summed E-state index contributed by atoms with van der Waals surface area (Å²) < 4.78 is 5.59. The molecule has 8 heteroatoms. The lowest BCUT2D eigenvalue weighted by Gasteiger charge is -2.28. The van der Waals surface area contributed by atoms with Crippen molar-refractivity contribution in [1.29, 1.82) is 0 Å². The Labute approximate surface area is 254 Å². The van der Waals surface area contributed by atoms with Gasteiger partial charge in [0.1, 0.15) is 5.75 Å². The van der Waals surface area contributed by atoms with Crippen LogP contribution < -0.4 is 14.5 Å². The lowest BCUT2D eigenvalue weighted by Crippen LogP contribution is -2.32. The van der Waals surface area contributed by atoms with Crippen LogP contribution in [0.2, 0.25) is 0 Å². The van der Waals surface area contributed by atoms with Crippen molar-refractivity contribution in [3.05, 3.63) is 102 Å². The molecule has 4 amide bonds. The van der Waals surface area contributed by atoms with Gasteiger partial charge in [0.15, 0.2) is 0 Å². The van der Waals surface area contributed by atoms with Crippen LogP contribution in [0.4, 0.5) is 11.4 Å². The number of rotatable bonds is 5. The molecule has 0 aromatic heterocycles. The lowest BCUT2D eigenvalue weighted by atomic mass is 9.73. The molecule has 220 valence electrons. The van der Waals surface area contributed by atoms with Crippen molar-refractivity contribution in [3.63, 3.8) is 0 Å². The topological polar surface area (TPSA) is 101 Å². The Morgan fingerprint density at radius 2 is 1.30 bits per heavy atom. The van der Waals surface area contributed by atoms with Gasteiger partial charge in [-0.2, -0.15) is 0 Å². The van der Waals surface area contributed by atoms with E-state index in [9.17, 15) is 24.0 Å². The molecular formula is C36H30N2O6. The molecule has 8 rings (SSSR count). The Kier molecular flexibility index (Phi) is 6.15. The van der Waals surface area contributed by atoms with Crippen LogP contribution in [0.1, 0.15) is 47.5 Å². The summed E-state index contributed by atoms with van der Waals surface area (Å²) in [6.07, 6.45) is 7.11. The number of allylic oxidation sites excluding steroid dienone is 2. The van der Waals surface area contributed by atoms with Crippen LogP contribution in [0.3, 0.4) is 0 Å². The summed E-state index contributed by atoms with van der Waals surface area (Å²) in [5.74, 6) is -1.98. The summed E-state index contributed by atoms with van der Waals surface area (Å²) in [4.78, 5) is 68.8. The average Bonchev–Trinajstić information content (AvgIpc) is 3.80. The van der Waals surface area contributed by atoms with Gasteiger partial charge in [-0.15, -0.1) is 0 Å². The highest BCUT2D eigenvalue weighted by Gasteiger charge is 2.59. The quantitative estimate of drug-likeness (QED) is 0.174. The second kappa shape index (κ2) is 10.1. The minimum atomic E-state index is -0.647. The number of imide groups is 2. The van der Waals surface area contributed by atoms with Gasteiger partial charge in [0.25, 0.3) is 0 Å². The first-order valence-corrected chi connectivity index (χ1v) is 15.3. The first-order valence-electron chi connectivity index (χ1n) is 15.3. The number of carbonyl (C=O) groups is 5. The highest BCUT2D eigenvalue weighted by atomic mass is 16.5. The first kappa shape index (κ1) is 26.8. The van der Waals surface area contributed by atoms with Crippen LogP contribution in [0.25, 0.3) is 0 Å². The van der Waals surface area contributed by atoms with Crippen molar-refractivity contribution in [3.8, 4) is 5.75 Å². The number of hydrogen-bond donors (Lipinski definition) is 0. The largest absolute Gasteiger partial charge is 0.423 e. The number of carbonyl (C=O) groups excluding carboxylic acids is 5. The van der Waals surface area contributed by atoms with Gasteiger partial charge in [0, 0.05) is 0 Å². The molecule has 0 unspecified atom stereocenters. The smallest absolute Gasteiger partial charge is 0.343 e. The maximum absolute atomic E-state index is 13.5. The van der Waals surface area contributed by atoms with Crippen molar-refractivity contribution in [2.45, 2.75) is 31.6 Å². The molecule has 0 spiro atoms. The second-order valence-electron chi connectivity index (χ2n) is 12.6. The van der Waals surface area contributed by atoms with Gasteiger partial charge in [-0.1, -0.05) is 48.6 Å². The van der Waals surface area contributed by atoms with E-state index in [4.69, 9.17) is 4.74 Å². The van der Waals surface area contributed by atoms with E-state index in [-0.39, 0.29) is 76.4 Å². The minimum Gasteiger partial charge on any atom is -0.423 e. The van der Waals surface area contributed by atoms with Crippen LogP contribution in [0.5, 0.6) is 5.75 Å². The van der Waals surface area contributed by atoms with Gasteiger partial charge in [0.2, 0.25) is 23.6 Å². The number of hydrogen-bond acceptors (Lipinski definition) is 6. The number of anilines is 2. The van der Waals surface area contributed by atoms with E-state index in [2.05, 4.69) is 24.3 Å². The Morgan fingerprint density at radius 3 is 2.00 bits per heavy atom. The molecule has 3 aromatic rings. The zero-order valence-electron chi connectivity index (χ0n) is 23.9. The molecule has 2 bridgehead atoms. The second-order valence-corrected chi connectivity index (χ2v) is 12.6. The minimum absolute atomic E-state index is 0.129. The van der Waals surface area contributed by atoms with E-state index < -0.39 is 5.97 Å². The molecule has 7 atom stereocenters. The van der Waals surface area contributed by atoms with Crippen molar-refractivity contribution >= 4 is 41.0 Å². The summed E-state index contributed by atoms with van der Waals surface area (Å²) in [5, 5.41) is 0. The van der Waals surface area contributed by atoms with Gasteiger partial charge in [-0.05, 0) is 91.5 Å². The van der Waals surface area contributed by atoms with Gasteiger partial charge in [-0.25, -0.2) is 4.79 Å².